The third-order valence-electron chi connectivity index (χ3n) is 10.1. The average Bonchev–Trinajstić information content (AvgIpc) is 3.30. The summed E-state index contributed by atoms with van der Waals surface area (Å²) in [5, 5.41) is 8.71. The molecule has 232 valence electrons. The van der Waals surface area contributed by atoms with Gasteiger partial charge in [-0.25, -0.2) is 4.68 Å². The standard InChI is InChI=1S/C37H46N4O3/c1-8-29-22-41(20-27-16-15-25-11-9-10-12-31(25)35(27)44-29)21-28-19-26(14-13-23(28)2)33(37(4,5)36(42)43-7)30-17-18-32-34(24(30)3)38-39-40(32)6/h13-19,29,33H,8-12,20-22H2,1-7H3/t29-,33?/m1/s1. The van der Waals surface area contributed by atoms with E-state index in [1.807, 2.05) is 20.9 Å². The Morgan fingerprint density at radius 2 is 1.86 bits per heavy atom. The molecule has 0 fully saturated rings. The Labute approximate surface area is 261 Å². The number of rotatable bonds is 7. The summed E-state index contributed by atoms with van der Waals surface area (Å²) in [5.74, 6) is 0.680. The monoisotopic (exact) mass is 594 g/mol. The molecule has 44 heavy (non-hydrogen) atoms. The molecule has 3 aromatic carbocycles. The van der Waals surface area contributed by atoms with E-state index in [0.29, 0.717) is 0 Å². The van der Waals surface area contributed by atoms with Gasteiger partial charge < -0.3 is 9.47 Å². The van der Waals surface area contributed by atoms with Crippen molar-refractivity contribution in [1.82, 2.24) is 19.9 Å². The van der Waals surface area contributed by atoms with Crippen molar-refractivity contribution < 1.29 is 14.3 Å². The highest BCUT2D eigenvalue weighted by molar-refractivity contribution is 5.82. The fourth-order valence-electron chi connectivity index (χ4n) is 7.45. The molecule has 2 heterocycles. The van der Waals surface area contributed by atoms with Crippen LogP contribution in [0.2, 0.25) is 0 Å². The van der Waals surface area contributed by atoms with Gasteiger partial charge in [0.2, 0.25) is 0 Å². The van der Waals surface area contributed by atoms with Crippen LogP contribution >= 0.6 is 0 Å². The minimum absolute atomic E-state index is 0.153. The summed E-state index contributed by atoms with van der Waals surface area (Å²) in [6, 6.07) is 15.5. The van der Waals surface area contributed by atoms with Gasteiger partial charge in [-0.05, 0) is 105 Å². The Hall–Kier alpha value is -3.71. The zero-order valence-corrected chi connectivity index (χ0v) is 27.4. The number of carbonyl (C=O) groups is 1. The molecule has 0 N–H and O–H groups in total. The molecule has 2 atom stereocenters. The molecular weight excluding hydrogens is 548 g/mol. The van der Waals surface area contributed by atoms with Gasteiger partial charge in [-0.15, -0.1) is 5.10 Å². The molecule has 0 amide bonds. The van der Waals surface area contributed by atoms with Crippen molar-refractivity contribution in [2.75, 3.05) is 13.7 Å². The van der Waals surface area contributed by atoms with Crippen molar-refractivity contribution in [2.24, 2.45) is 12.5 Å². The summed E-state index contributed by atoms with van der Waals surface area (Å²) in [6.45, 7) is 13.0. The van der Waals surface area contributed by atoms with Crippen LogP contribution in [0.15, 0.2) is 42.5 Å². The minimum atomic E-state index is -0.816. The van der Waals surface area contributed by atoms with E-state index in [9.17, 15) is 4.79 Å². The second-order valence-corrected chi connectivity index (χ2v) is 13.4. The maximum atomic E-state index is 13.3. The maximum Gasteiger partial charge on any atom is 0.312 e. The summed E-state index contributed by atoms with van der Waals surface area (Å²) in [7, 11) is 3.38. The first-order valence-corrected chi connectivity index (χ1v) is 16.1. The summed E-state index contributed by atoms with van der Waals surface area (Å²) >= 11 is 0. The normalized spacial score (nSPS) is 17.8. The summed E-state index contributed by atoms with van der Waals surface area (Å²) < 4.78 is 13.9. The van der Waals surface area contributed by atoms with Gasteiger partial charge in [0.15, 0.2) is 0 Å². The van der Waals surface area contributed by atoms with Crippen molar-refractivity contribution in [3.8, 4) is 5.75 Å². The number of methoxy groups -OCH3 is 1. The lowest BCUT2D eigenvalue weighted by Gasteiger charge is -2.34. The Morgan fingerprint density at radius 1 is 1.09 bits per heavy atom. The van der Waals surface area contributed by atoms with Gasteiger partial charge in [-0.1, -0.05) is 48.5 Å². The van der Waals surface area contributed by atoms with Gasteiger partial charge in [0.05, 0.1) is 18.0 Å². The molecule has 1 aromatic heterocycles. The SMILES string of the molecule is CC[C@@H]1CN(Cc2cc(C(c3ccc4c(nnn4C)c3C)C(C)(C)C(=O)OC)ccc2C)Cc2ccc3c(c2O1)CCCC3. The highest BCUT2D eigenvalue weighted by Gasteiger charge is 2.41. The van der Waals surface area contributed by atoms with E-state index in [1.165, 1.54) is 47.8 Å². The average molecular weight is 595 g/mol. The van der Waals surface area contributed by atoms with Crippen LogP contribution in [0.3, 0.4) is 0 Å². The smallest absolute Gasteiger partial charge is 0.312 e. The van der Waals surface area contributed by atoms with Crippen LogP contribution in [0, 0.1) is 19.3 Å². The number of aryl methyl sites for hydroxylation is 4. The van der Waals surface area contributed by atoms with Crippen LogP contribution in [0.1, 0.15) is 90.5 Å². The molecule has 1 aliphatic carbocycles. The fraction of sp³-hybridized carbons (Fsp3) is 0.486. The number of ether oxygens (including phenoxy) is 2. The molecule has 0 radical (unpaired) electrons. The first-order valence-electron chi connectivity index (χ1n) is 16.1. The lowest BCUT2D eigenvalue weighted by Crippen LogP contribution is -2.34. The summed E-state index contributed by atoms with van der Waals surface area (Å²) in [5.41, 5.74) is 10.9. The zero-order valence-electron chi connectivity index (χ0n) is 27.4. The Balaban J connectivity index is 1.39. The van der Waals surface area contributed by atoms with E-state index in [0.717, 1.165) is 72.4 Å². The van der Waals surface area contributed by atoms with Crippen LogP contribution in [-0.4, -0.2) is 45.6 Å². The molecule has 4 aromatic rings. The Kier molecular flexibility index (Phi) is 8.27. The molecule has 6 rings (SSSR count). The second kappa shape index (κ2) is 12.0. The van der Waals surface area contributed by atoms with Gasteiger partial charge in [0.1, 0.15) is 17.4 Å². The van der Waals surface area contributed by atoms with Crippen molar-refractivity contribution in [2.45, 2.75) is 91.8 Å². The first kappa shape index (κ1) is 30.3. The predicted molar refractivity (Wildman–Crippen MR) is 174 cm³/mol. The molecule has 0 bridgehead atoms. The first-order chi connectivity index (χ1) is 21.1. The largest absolute Gasteiger partial charge is 0.488 e. The van der Waals surface area contributed by atoms with Gasteiger partial charge in [0, 0.05) is 38.2 Å². The van der Waals surface area contributed by atoms with Crippen molar-refractivity contribution in [1.29, 1.82) is 0 Å². The van der Waals surface area contributed by atoms with Crippen molar-refractivity contribution >= 4 is 17.0 Å². The van der Waals surface area contributed by atoms with Crippen LogP contribution in [0.25, 0.3) is 11.0 Å². The van der Waals surface area contributed by atoms with Crippen LogP contribution in [-0.2, 0) is 42.5 Å². The molecule has 1 aliphatic heterocycles. The predicted octanol–water partition coefficient (Wildman–Crippen LogP) is 6.97. The third kappa shape index (κ3) is 5.40. The topological polar surface area (TPSA) is 69.5 Å². The van der Waals surface area contributed by atoms with Gasteiger partial charge >= 0.3 is 5.97 Å². The Bertz CT molecular complexity index is 1700. The molecule has 7 nitrogen and oxygen atoms in total. The molecule has 2 aliphatic rings. The maximum absolute atomic E-state index is 13.3. The highest BCUT2D eigenvalue weighted by atomic mass is 16.5. The molecular formula is C37H46N4O3. The second-order valence-electron chi connectivity index (χ2n) is 13.4. The minimum Gasteiger partial charge on any atom is -0.488 e. The molecule has 0 spiro atoms. The van der Waals surface area contributed by atoms with E-state index < -0.39 is 5.41 Å². The van der Waals surface area contributed by atoms with E-state index >= 15 is 0 Å². The van der Waals surface area contributed by atoms with Gasteiger partial charge in [-0.3, -0.25) is 9.69 Å². The quantitative estimate of drug-likeness (QED) is 0.215. The number of nitrogens with zero attached hydrogens (tertiary/aromatic N) is 4. The third-order valence-corrected chi connectivity index (χ3v) is 10.1. The van der Waals surface area contributed by atoms with Crippen LogP contribution in [0.5, 0.6) is 5.75 Å². The number of esters is 1. The van der Waals surface area contributed by atoms with E-state index in [1.54, 1.807) is 4.68 Å². The summed E-state index contributed by atoms with van der Waals surface area (Å²) in [6.07, 6.45) is 5.91. The number of carbonyl (C=O) groups excluding carboxylic acids is 1. The number of hydrogen-bond donors (Lipinski definition) is 0. The number of fused-ring (bicyclic) bond motifs is 4. The van der Waals surface area contributed by atoms with E-state index in [4.69, 9.17) is 9.47 Å². The lowest BCUT2D eigenvalue weighted by atomic mass is 9.69. The summed E-state index contributed by atoms with van der Waals surface area (Å²) in [4.78, 5) is 15.9. The van der Waals surface area contributed by atoms with Gasteiger partial charge in [0.25, 0.3) is 0 Å². The molecule has 0 saturated heterocycles. The lowest BCUT2D eigenvalue weighted by molar-refractivity contribution is -0.151. The molecule has 0 saturated carbocycles. The van der Waals surface area contributed by atoms with Crippen LogP contribution < -0.4 is 4.74 Å². The van der Waals surface area contributed by atoms with Gasteiger partial charge in [-0.2, -0.15) is 0 Å². The highest BCUT2D eigenvalue weighted by Crippen LogP contribution is 2.45. The fourth-order valence-corrected chi connectivity index (χ4v) is 7.45. The number of hydrogen-bond acceptors (Lipinski definition) is 6. The Morgan fingerprint density at radius 3 is 2.64 bits per heavy atom. The molecule has 7 heteroatoms. The van der Waals surface area contributed by atoms with E-state index in [-0.39, 0.29) is 18.0 Å². The van der Waals surface area contributed by atoms with Crippen molar-refractivity contribution in [3.05, 3.63) is 87.0 Å². The number of aromatic nitrogens is 3. The van der Waals surface area contributed by atoms with E-state index in [2.05, 4.69) is 78.4 Å². The molecule has 1 unspecified atom stereocenters. The van der Waals surface area contributed by atoms with Crippen molar-refractivity contribution in [3.63, 3.8) is 0 Å². The zero-order chi connectivity index (χ0) is 31.2. The van der Waals surface area contributed by atoms with Crippen LogP contribution in [0.4, 0.5) is 0 Å². The number of benzene rings is 3.